The first kappa shape index (κ1) is 16.2. The Balaban J connectivity index is 1.59. The highest BCUT2D eigenvalue weighted by Crippen LogP contribution is 2.21. The van der Waals surface area contributed by atoms with Gasteiger partial charge in [0.2, 0.25) is 0 Å². The molecule has 1 saturated heterocycles. The molecule has 0 saturated carbocycles. The largest absolute Gasteiger partial charge is 0.508 e. The van der Waals surface area contributed by atoms with E-state index in [1.165, 1.54) is 0 Å². The van der Waals surface area contributed by atoms with Crippen molar-refractivity contribution < 1.29 is 14.6 Å². The smallest absolute Gasteiger partial charge is 0.260 e. The Labute approximate surface area is 141 Å². The topological polar surface area (TPSA) is 61.8 Å². The number of amides is 1. The summed E-state index contributed by atoms with van der Waals surface area (Å²) in [5, 5.41) is 12.8. The Morgan fingerprint density at radius 1 is 1.12 bits per heavy atom. The van der Waals surface area contributed by atoms with Crippen molar-refractivity contribution in [2.45, 2.75) is 19.4 Å². The van der Waals surface area contributed by atoms with Gasteiger partial charge < -0.3 is 20.1 Å². The zero-order valence-electron chi connectivity index (χ0n) is 13.6. The maximum absolute atomic E-state index is 12.1. The Morgan fingerprint density at radius 3 is 2.71 bits per heavy atom. The lowest BCUT2D eigenvalue weighted by Crippen LogP contribution is -2.32. The van der Waals surface area contributed by atoms with Gasteiger partial charge in [-0.05, 0) is 31.0 Å². The fourth-order valence-corrected chi connectivity index (χ4v) is 2.80. The first-order valence-electron chi connectivity index (χ1n) is 8.24. The predicted molar refractivity (Wildman–Crippen MR) is 93.2 cm³/mol. The number of ether oxygens (including phenoxy) is 1. The average molecular weight is 326 g/mol. The molecule has 2 N–H and O–H groups in total. The molecule has 1 amide bonds. The normalized spacial score (nSPS) is 13.8. The fraction of sp³-hybridized carbons (Fsp3) is 0.316. The Morgan fingerprint density at radius 2 is 1.92 bits per heavy atom. The van der Waals surface area contributed by atoms with Gasteiger partial charge in [-0.3, -0.25) is 4.79 Å². The minimum absolute atomic E-state index is 0.0447. The van der Waals surface area contributed by atoms with Crippen molar-refractivity contribution in [2.75, 3.05) is 25.0 Å². The zero-order chi connectivity index (χ0) is 16.8. The molecule has 3 rings (SSSR count). The van der Waals surface area contributed by atoms with Gasteiger partial charge in [-0.15, -0.1) is 0 Å². The number of hydrogen-bond acceptors (Lipinski definition) is 4. The molecule has 0 radical (unpaired) electrons. The van der Waals surface area contributed by atoms with Crippen molar-refractivity contribution in [3.8, 4) is 11.5 Å². The van der Waals surface area contributed by atoms with Crippen LogP contribution >= 0.6 is 0 Å². The molecule has 24 heavy (non-hydrogen) atoms. The summed E-state index contributed by atoms with van der Waals surface area (Å²) in [6.07, 6.45) is 2.16. The van der Waals surface area contributed by atoms with E-state index < -0.39 is 0 Å². The van der Waals surface area contributed by atoms with E-state index in [0.29, 0.717) is 12.3 Å². The summed E-state index contributed by atoms with van der Waals surface area (Å²) >= 11 is 0. The number of likely N-dealkylation sites (tertiary alicyclic amines) is 1. The maximum Gasteiger partial charge on any atom is 0.260 e. The average Bonchev–Trinajstić information content (AvgIpc) is 3.13. The molecule has 1 heterocycles. The highest BCUT2D eigenvalue weighted by Gasteiger charge is 2.18. The molecular weight excluding hydrogens is 304 g/mol. The second-order valence-electron chi connectivity index (χ2n) is 5.89. The number of phenols is 1. The van der Waals surface area contributed by atoms with Gasteiger partial charge in [-0.1, -0.05) is 24.3 Å². The number of aromatic hydroxyl groups is 1. The number of rotatable bonds is 6. The lowest BCUT2D eigenvalue weighted by molar-refractivity contribution is -0.132. The quantitative estimate of drug-likeness (QED) is 0.857. The number of hydrogen-bond donors (Lipinski definition) is 2. The molecule has 5 nitrogen and oxygen atoms in total. The first-order chi connectivity index (χ1) is 11.7. The van der Waals surface area contributed by atoms with E-state index in [0.717, 1.165) is 37.2 Å². The number of carbonyl (C=O) groups excluding carboxylic acids is 1. The van der Waals surface area contributed by atoms with Crippen molar-refractivity contribution in [2.24, 2.45) is 0 Å². The fourth-order valence-electron chi connectivity index (χ4n) is 2.80. The lowest BCUT2D eigenvalue weighted by atomic mass is 10.2. The monoisotopic (exact) mass is 326 g/mol. The number of carbonyl (C=O) groups is 1. The molecule has 1 fully saturated rings. The summed E-state index contributed by atoms with van der Waals surface area (Å²) in [6.45, 7) is 2.30. The Kier molecular flexibility index (Phi) is 5.21. The van der Waals surface area contributed by atoms with E-state index in [-0.39, 0.29) is 18.3 Å². The van der Waals surface area contributed by atoms with Crippen LogP contribution in [0.3, 0.4) is 0 Å². The molecule has 0 aliphatic carbocycles. The van der Waals surface area contributed by atoms with E-state index >= 15 is 0 Å². The molecule has 0 bridgehead atoms. The van der Waals surface area contributed by atoms with Gasteiger partial charge in [-0.25, -0.2) is 0 Å². The number of nitrogens with one attached hydrogen (secondary N) is 1. The summed E-state index contributed by atoms with van der Waals surface area (Å²) in [5.74, 6) is 0.974. The third kappa shape index (κ3) is 4.19. The van der Waals surface area contributed by atoms with Gasteiger partial charge in [0.05, 0.1) is 0 Å². The second kappa shape index (κ2) is 7.73. The number of anilines is 1. The summed E-state index contributed by atoms with van der Waals surface area (Å²) in [4.78, 5) is 14.0. The van der Waals surface area contributed by atoms with Crippen LogP contribution in [0.1, 0.15) is 18.4 Å². The standard InChI is InChI=1S/C19H22N2O3/c22-17-8-5-7-16(12-17)20-13-15-6-1-2-9-18(15)24-14-19(23)21-10-3-4-11-21/h1-2,5-9,12,20,22H,3-4,10-11,13-14H2. The molecule has 2 aromatic carbocycles. The van der Waals surface area contributed by atoms with Crippen LogP contribution in [-0.4, -0.2) is 35.6 Å². The zero-order valence-corrected chi connectivity index (χ0v) is 13.6. The van der Waals surface area contributed by atoms with Crippen molar-refractivity contribution >= 4 is 11.6 Å². The summed E-state index contributed by atoms with van der Waals surface area (Å²) in [6, 6.07) is 14.6. The van der Waals surface area contributed by atoms with Crippen LogP contribution in [0.5, 0.6) is 11.5 Å². The molecule has 1 aliphatic rings. The van der Waals surface area contributed by atoms with Crippen LogP contribution in [0.4, 0.5) is 5.69 Å². The number of nitrogens with zero attached hydrogens (tertiary/aromatic N) is 1. The third-order valence-electron chi connectivity index (χ3n) is 4.11. The van der Waals surface area contributed by atoms with Gasteiger partial charge in [0, 0.05) is 37.0 Å². The molecule has 0 unspecified atom stereocenters. The molecule has 1 aliphatic heterocycles. The third-order valence-corrected chi connectivity index (χ3v) is 4.11. The van der Waals surface area contributed by atoms with Crippen molar-refractivity contribution in [3.05, 3.63) is 54.1 Å². The van der Waals surface area contributed by atoms with Gasteiger partial charge >= 0.3 is 0 Å². The van der Waals surface area contributed by atoms with Crippen molar-refractivity contribution in [1.82, 2.24) is 4.90 Å². The van der Waals surface area contributed by atoms with Crippen LogP contribution in [0.25, 0.3) is 0 Å². The maximum atomic E-state index is 12.1. The summed E-state index contributed by atoms with van der Waals surface area (Å²) in [7, 11) is 0. The van der Waals surface area contributed by atoms with E-state index in [1.807, 2.05) is 35.2 Å². The van der Waals surface area contributed by atoms with Gasteiger partial charge in [-0.2, -0.15) is 0 Å². The minimum Gasteiger partial charge on any atom is -0.508 e. The van der Waals surface area contributed by atoms with Crippen LogP contribution in [0, 0.1) is 0 Å². The Bertz CT molecular complexity index is 697. The molecule has 0 spiro atoms. The van der Waals surface area contributed by atoms with Crippen LogP contribution < -0.4 is 10.1 Å². The lowest BCUT2D eigenvalue weighted by Gasteiger charge is -2.17. The molecule has 126 valence electrons. The van der Waals surface area contributed by atoms with E-state index in [1.54, 1.807) is 18.2 Å². The molecule has 5 heteroatoms. The first-order valence-corrected chi connectivity index (χ1v) is 8.24. The van der Waals surface area contributed by atoms with Gasteiger partial charge in [0.1, 0.15) is 11.5 Å². The Hall–Kier alpha value is -2.69. The van der Waals surface area contributed by atoms with Gasteiger partial charge in [0.25, 0.3) is 5.91 Å². The molecular formula is C19H22N2O3. The van der Waals surface area contributed by atoms with Crippen LogP contribution in [0.15, 0.2) is 48.5 Å². The van der Waals surface area contributed by atoms with Crippen LogP contribution in [-0.2, 0) is 11.3 Å². The predicted octanol–water partition coefficient (Wildman–Crippen LogP) is 3.01. The second-order valence-corrected chi connectivity index (χ2v) is 5.89. The minimum atomic E-state index is 0.0447. The van der Waals surface area contributed by atoms with E-state index in [4.69, 9.17) is 4.74 Å². The number of para-hydroxylation sites is 1. The van der Waals surface area contributed by atoms with E-state index in [2.05, 4.69) is 5.32 Å². The molecule has 2 aromatic rings. The molecule has 0 atom stereocenters. The summed E-state index contributed by atoms with van der Waals surface area (Å²) in [5.41, 5.74) is 1.80. The molecule has 0 aromatic heterocycles. The van der Waals surface area contributed by atoms with Crippen LogP contribution in [0.2, 0.25) is 0 Å². The van der Waals surface area contributed by atoms with Crippen molar-refractivity contribution in [1.29, 1.82) is 0 Å². The highest BCUT2D eigenvalue weighted by atomic mass is 16.5. The highest BCUT2D eigenvalue weighted by molar-refractivity contribution is 5.78. The van der Waals surface area contributed by atoms with E-state index in [9.17, 15) is 9.90 Å². The number of benzene rings is 2. The number of phenolic OH excluding ortho intramolecular Hbond substituents is 1. The summed E-state index contributed by atoms with van der Waals surface area (Å²) < 4.78 is 5.74. The SMILES string of the molecule is O=C(COc1ccccc1CNc1cccc(O)c1)N1CCCC1. The van der Waals surface area contributed by atoms with Crippen molar-refractivity contribution in [3.63, 3.8) is 0 Å². The van der Waals surface area contributed by atoms with Gasteiger partial charge in [0.15, 0.2) is 6.61 Å².